The molecule has 4 rings (SSSR count). The van der Waals surface area contributed by atoms with Crippen molar-refractivity contribution in [3.05, 3.63) is 75.7 Å². The maximum atomic E-state index is 12.8. The number of carbonyl (C=O) groups is 1. The SMILES string of the molecule is O=C(c1cc2ccccc2c(=O)[nH]1)N1CCC(Oc2ccc(Cl)cc2)CC1. The van der Waals surface area contributed by atoms with Crippen molar-refractivity contribution in [1.29, 1.82) is 0 Å². The van der Waals surface area contributed by atoms with Crippen LogP contribution in [0.5, 0.6) is 5.75 Å². The second-order valence-electron chi connectivity index (χ2n) is 6.66. The van der Waals surface area contributed by atoms with Crippen molar-refractivity contribution in [3.8, 4) is 5.75 Å². The standard InChI is InChI=1S/C21H19ClN2O3/c22-15-5-7-16(8-6-15)27-17-9-11-24(12-10-17)21(26)19-13-14-3-1-2-4-18(14)20(25)23-19/h1-8,13,17H,9-12H2,(H,23,25). The van der Waals surface area contributed by atoms with Crippen molar-refractivity contribution in [2.75, 3.05) is 13.1 Å². The predicted molar refractivity (Wildman–Crippen MR) is 106 cm³/mol. The summed E-state index contributed by atoms with van der Waals surface area (Å²) in [5, 5.41) is 2.03. The lowest BCUT2D eigenvalue weighted by molar-refractivity contribution is 0.0590. The lowest BCUT2D eigenvalue weighted by Gasteiger charge is -2.32. The first-order valence-corrected chi connectivity index (χ1v) is 9.31. The van der Waals surface area contributed by atoms with Gasteiger partial charge in [-0.2, -0.15) is 0 Å². The number of benzene rings is 2. The summed E-state index contributed by atoms with van der Waals surface area (Å²) in [7, 11) is 0. The van der Waals surface area contributed by atoms with E-state index in [1.54, 1.807) is 29.2 Å². The van der Waals surface area contributed by atoms with Crippen LogP contribution in [0.2, 0.25) is 5.02 Å². The number of aromatic amines is 1. The Labute approximate surface area is 161 Å². The third kappa shape index (κ3) is 3.83. The van der Waals surface area contributed by atoms with Crippen LogP contribution in [0.1, 0.15) is 23.3 Å². The molecule has 0 bridgehead atoms. The largest absolute Gasteiger partial charge is 0.490 e. The minimum absolute atomic E-state index is 0.0610. The molecule has 2 aromatic carbocycles. The second-order valence-corrected chi connectivity index (χ2v) is 7.10. The van der Waals surface area contributed by atoms with Gasteiger partial charge < -0.3 is 14.6 Å². The smallest absolute Gasteiger partial charge is 0.270 e. The van der Waals surface area contributed by atoms with Crippen LogP contribution < -0.4 is 10.3 Å². The van der Waals surface area contributed by atoms with Crippen LogP contribution in [0.25, 0.3) is 10.8 Å². The highest BCUT2D eigenvalue weighted by Gasteiger charge is 2.25. The second kappa shape index (κ2) is 7.45. The molecule has 0 atom stereocenters. The number of amides is 1. The van der Waals surface area contributed by atoms with Crippen LogP contribution in [-0.4, -0.2) is 35.0 Å². The van der Waals surface area contributed by atoms with Gasteiger partial charge in [-0.15, -0.1) is 0 Å². The topological polar surface area (TPSA) is 62.4 Å². The van der Waals surface area contributed by atoms with Crippen LogP contribution in [0, 0.1) is 0 Å². The van der Waals surface area contributed by atoms with Crippen molar-refractivity contribution in [2.45, 2.75) is 18.9 Å². The van der Waals surface area contributed by atoms with Crippen molar-refractivity contribution in [2.24, 2.45) is 0 Å². The van der Waals surface area contributed by atoms with Crippen molar-refractivity contribution in [3.63, 3.8) is 0 Å². The minimum Gasteiger partial charge on any atom is -0.490 e. The van der Waals surface area contributed by atoms with Gasteiger partial charge in [-0.05, 0) is 41.8 Å². The lowest BCUT2D eigenvalue weighted by Crippen LogP contribution is -2.42. The average molecular weight is 383 g/mol. The summed E-state index contributed by atoms with van der Waals surface area (Å²) in [6.45, 7) is 1.18. The summed E-state index contributed by atoms with van der Waals surface area (Å²) in [5.41, 5.74) is 0.0909. The molecular formula is C21H19ClN2O3. The molecular weight excluding hydrogens is 364 g/mol. The lowest BCUT2D eigenvalue weighted by atomic mass is 10.1. The van der Waals surface area contributed by atoms with Crippen LogP contribution in [0.4, 0.5) is 0 Å². The fourth-order valence-electron chi connectivity index (χ4n) is 3.38. The molecule has 5 nitrogen and oxygen atoms in total. The number of nitrogens with one attached hydrogen (secondary N) is 1. The summed E-state index contributed by atoms with van der Waals surface area (Å²) >= 11 is 5.89. The summed E-state index contributed by atoms with van der Waals surface area (Å²) in [6, 6.07) is 16.3. The molecule has 138 valence electrons. The number of nitrogens with zero attached hydrogens (tertiary/aromatic N) is 1. The molecule has 1 aliphatic rings. The Morgan fingerprint density at radius 3 is 2.52 bits per heavy atom. The van der Waals surface area contributed by atoms with E-state index < -0.39 is 0 Å². The first kappa shape index (κ1) is 17.6. The Morgan fingerprint density at radius 2 is 1.78 bits per heavy atom. The number of H-pyrrole nitrogens is 1. The number of halogens is 1. The Kier molecular flexibility index (Phi) is 4.86. The fourth-order valence-corrected chi connectivity index (χ4v) is 3.50. The first-order valence-electron chi connectivity index (χ1n) is 8.94. The Balaban J connectivity index is 1.43. The number of hydrogen-bond donors (Lipinski definition) is 1. The van der Waals surface area contributed by atoms with Gasteiger partial charge in [-0.3, -0.25) is 9.59 Å². The van der Waals surface area contributed by atoms with Gasteiger partial charge in [0.15, 0.2) is 0 Å². The molecule has 0 spiro atoms. The van der Waals surface area contributed by atoms with E-state index in [-0.39, 0.29) is 17.6 Å². The Bertz CT molecular complexity index is 1020. The van der Waals surface area contributed by atoms with Crippen molar-refractivity contribution < 1.29 is 9.53 Å². The molecule has 1 saturated heterocycles. The minimum atomic E-state index is -0.239. The molecule has 1 aliphatic heterocycles. The maximum absolute atomic E-state index is 12.8. The first-order chi connectivity index (χ1) is 13.1. The molecule has 1 N–H and O–H groups in total. The highest BCUT2D eigenvalue weighted by molar-refractivity contribution is 6.30. The quantitative estimate of drug-likeness (QED) is 0.748. The molecule has 0 saturated carbocycles. The van der Waals surface area contributed by atoms with E-state index in [0.717, 1.165) is 24.0 Å². The molecule has 6 heteroatoms. The van der Waals surface area contributed by atoms with Gasteiger partial charge >= 0.3 is 0 Å². The number of fused-ring (bicyclic) bond motifs is 1. The van der Waals surface area contributed by atoms with Crippen molar-refractivity contribution in [1.82, 2.24) is 9.88 Å². The number of rotatable bonds is 3. The molecule has 0 aliphatic carbocycles. The number of carbonyl (C=O) groups excluding carboxylic acids is 1. The van der Waals surface area contributed by atoms with E-state index >= 15 is 0 Å². The number of pyridine rings is 1. The Morgan fingerprint density at radius 1 is 1.07 bits per heavy atom. The highest BCUT2D eigenvalue weighted by Crippen LogP contribution is 2.22. The van der Waals surface area contributed by atoms with E-state index in [1.165, 1.54) is 0 Å². The molecule has 2 heterocycles. The van der Waals surface area contributed by atoms with E-state index in [1.807, 2.05) is 30.3 Å². The van der Waals surface area contributed by atoms with Crippen LogP contribution >= 0.6 is 11.6 Å². The maximum Gasteiger partial charge on any atom is 0.270 e. The predicted octanol–water partition coefficient (Wildman–Crippen LogP) is 3.87. The van der Waals surface area contributed by atoms with Gasteiger partial charge in [0, 0.05) is 36.3 Å². The summed E-state index contributed by atoms with van der Waals surface area (Å²) < 4.78 is 5.97. The fraction of sp³-hybridized carbons (Fsp3) is 0.238. The molecule has 0 unspecified atom stereocenters. The van der Waals surface area contributed by atoms with Crippen LogP contribution in [0.15, 0.2) is 59.4 Å². The van der Waals surface area contributed by atoms with Gasteiger partial charge in [-0.1, -0.05) is 29.8 Å². The number of likely N-dealkylation sites (tertiary alicyclic amines) is 1. The summed E-state index contributed by atoms with van der Waals surface area (Å²) in [5.74, 6) is 0.630. The molecule has 1 aromatic heterocycles. The zero-order valence-electron chi connectivity index (χ0n) is 14.7. The third-order valence-corrected chi connectivity index (χ3v) is 5.08. The van der Waals surface area contributed by atoms with Gasteiger partial charge in [0.05, 0.1) is 0 Å². The normalized spacial score (nSPS) is 15.1. The molecule has 3 aromatic rings. The van der Waals surface area contributed by atoms with Gasteiger partial charge in [-0.25, -0.2) is 0 Å². The van der Waals surface area contributed by atoms with E-state index in [0.29, 0.717) is 29.2 Å². The monoisotopic (exact) mass is 382 g/mol. The zero-order chi connectivity index (χ0) is 18.8. The van der Waals surface area contributed by atoms with Gasteiger partial charge in [0.1, 0.15) is 17.5 Å². The molecule has 1 amide bonds. The van der Waals surface area contributed by atoms with Gasteiger partial charge in [0.25, 0.3) is 11.5 Å². The number of piperidine rings is 1. The molecule has 27 heavy (non-hydrogen) atoms. The van der Waals surface area contributed by atoms with Crippen LogP contribution in [-0.2, 0) is 0 Å². The molecule has 0 radical (unpaired) electrons. The number of hydrogen-bond acceptors (Lipinski definition) is 3. The van der Waals surface area contributed by atoms with Gasteiger partial charge in [0.2, 0.25) is 0 Å². The number of ether oxygens (including phenoxy) is 1. The average Bonchev–Trinajstić information content (AvgIpc) is 2.70. The third-order valence-electron chi connectivity index (χ3n) is 4.83. The summed E-state index contributed by atoms with van der Waals surface area (Å²) in [6.07, 6.45) is 1.55. The van der Waals surface area contributed by atoms with E-state index in [4.69, 9.17) is 16.3 Å². The zero-order valence-corrected chi connectivity index (χ0v) is 15.4. The van der Waals surface area contributed by atoms with E-state index in [2.05, 4.69) is 4.98 Å². The van der Waals surface area contributed by atoms with Crippen molar-refractivity contribution >= 4 is 28.3 Å². The van der Waals surface area contributed by atoms with E-state index in [9.17, 15) is 9.59 Å². The Hall–Kier alpha value is -2.79. The molecule has 1 fully saturated rings. The summed E-state index contributed by atoms with van der Waals surface area (Å²) in [4.78, 5) is 29.5. The highest BCUT2D eigenvalue weighted by atomic mass is 35.5. The number of aromatic nitrogens is 1. The van der Waals surface area contributed by atoms with Crippen LogP contribution in [0.3, 0.4) is 0 Å².